The first-order valence-corrected chi connectivity index (χ1v) is 7.99. The molecule has 0 bridgehead atoms. The highest BCUT2D eigenvalue weighted by Crippen LogP contribution is 2.27. The lowest BCUT2D eigenvalue weighted by atomic mass is 10.1. The first-order valence-electron chi connectivity index (χ1n) is 7.99. The summed E-state index contributed by atoms with van der Waals surface area (Å²) in [5.74, 6) is -3.87. The lowest BCUT2D eigenvalue weighted by Crippen LogP contribution is -2.16. The van der Waals surface area contributed by atoms with Gasteiger partial charge in [0.05, 0.1) is 5.56 Å². The van der Waals surface area contributed by atoms with Crippen LogP contribution in [0.4, 0.5) is 8.78 Å². The number of ether oxygens (including phenoxy) is 1. The smallest absolute Gasteiger partial charge is 0.264 e. The monoisotopic (exact) mass is 377 g/mol. The number of hydrogen-bond acceptors (Lipinski definition) is 6. The number of phenolic OH excluding ortho intramolecular Hbond substituents is 1. The molecule has 0 atom stereocenters. The molecule has 0 saturated carbocycles. The molecule has 9 heteroatoms. The maximum absolute atomic E-state index is 14.0. The fourth-order valence-corrected chi connectivity index (χ4v) is 2.10. The molecule has 0 fully saturated rings. The van der Waals surface area contributed by atoms with Gasteiger partial charge in [-0.05, 0) is 24.3 Å². The van der Waals surface area contributed by atoms with E-state index in [2.05, 4.69) is 10.1 Å². The zero-order chi connectivity index (χ0) is 20.0. The Morgan fingerprint density at radius 3 is 2.59 bits per heavy atom. The van der Waals surface area contributed by atoms with Crippen molar-refractivity contribution >= 4 is 5.91 Å². The van der Waals surface area contributed by atoms with Gasteiger partial charge in [-0.25, -0.2) is 8.78 Å². The van der Waals surface area contributed by atoms with Crippen LogP contribution in [-0.2, 0) is 6.61 Å². The van der Waals surface area contributed by atoms with E-state index >= 15 is 0 Å². The van der Waals surface area contributed by atoms with Crippen LogP contribution in [0.5, 0.6) is 11.5 Å². The number of nitrogens with two attached hydrogens (primary N) is 1. The molecule has 1 amide bonds. The summed E-state index contributed by atoms with van der Waals surface area (Å²) in [4.78, 5) is 15.1. The molecule has 0 radical (unpaired) electrons. The summed E-state index contributed by atoms with van der Waals surface area (Å²) in [5.41, 5.74) is 4.39. The Balaban J connectivity index is 0.00000126. The summed E-state index contributed by atoms with van der Waals surface area (Å²) in [6.07, 6.45) is 0. The summed E-state index contributed by atoms with van der Waals surface area (Å²) >= 11 is 0. The molecule has 0 aliphatic carbocycles. The van der Waals surface area contributed by atoms with Crippen molar-refractivity contribution in [1.82, 2.24) is 10.1 Å². The number of nitrogens with zero attached hydrogens (tertiary/aromatic N) is 2. The van der Waals surface area contributed by atoms with Gasteiger partial charge in [0.25, 0.3) is 11.8 Å². The van der Waals surface area contributed by atoms with Crippen LogP contribution in [0.15, 0.2) is 40.9 Å². The Kier molecular flexibility index (Phi) is 6.42. The molecule has 142 valence electrons. The average Bonchev–Trinajstić information content (AvgIpc) is 3.11. The highest BCUT2D eigenvalue weighted by atomic mass is 19.1. The minimum Gasteiger partial charge on any atom is -0.507 e. The molecule has 0 spiro atoms. The topological polar surface area (TPSA) is 111 Å². The van der Waals surface area contributed by atoms with Crippen LogP contribution in [0.1, 0.15) is 30.1 Å². The molecule has 1 heterocycles. The van der Waals surface area contributed by atoms with Gasteiger partial charge in [0.1, 0.15) is 17.1 Å². The van der Waals surface area contributed by atoms with E-state index in [1.807, 2.05) is 13.8 Å². The minimum atomic E-state index is -1.25. The van der Waals surface area contributed by atoms with Crippen molar-refractivity contribution in [2.75, 3.05) is 0 Å². The third kappa shape index (κ3) is 4.38. The van der Waals surface area contributed by atoms with Gasteiger partial charge < -0.3 is 20.1 Å². The first-order chi connectivity index (χ1) is 13.0. The molecular formula is C18H17F2N3O4. The van der Waals surface area contributed by atoms with Crippen LogP contribution < -0.4 is 10.5 Å². The average molecular weight is 377 g/mol. The summed E-state index contributed by atoms with van der Waals surface area (Å²) in [6.45, 7) is 3.67. The van der Waals surface area contributed by atoms with Crippen LogP contribution in [0.25, 0.3) is 11.4 Å². The van der Waals surface area contributed by atoms with E-state index in [0.717, 1.165) is 12.1 Å². The molecule has 7 nitrogen and oxygen atoms in total. The standard InChI is InChI=1S/C16H11F2N3O4.C2H6/c17-9-5-6-11(14(18)13(9)15(19)23)24-7-12-20-16(21-25-12)8-3-1-2-4-10(8)22;1-2/h1-6,22H,7H2,(H2,19,23);1-2H3. The SMILES string of the molecule is CC.NC(=O)c1c(F)ccc(OCc2nc(-c3ccccc3O)no2)c1F. The number of benzene rings is 2. The predicted octanol–water partition coefficient (Wildman–Crippen LogP) is 3.42. The zero-order valence-corrected chi connectivity index (χ0v) is 14.6. The number of amides is 1. The van der Waals surface area contributed by atoms with Gasteiger partial charge in [-0.1, -0.05) is 31.1 Å². The number of primary amides is 1. The Labute approximate surface area is 153 Å². The number of para-hydroxylation sites is 1. The van der Waals surface area contributed by atoms with Crippen LogP contribution in [0.3, 0.4) is 0 Å². The minimum absolute atomic E-state index is 0.0115. The molecule has 3 N–H and O–H groups in total. The maximum Gasteiger partial charge on any atom is 0.264 e. The van der Waals surface area contributed by atoms with E-state index in [-0.39, 0.29) is 24.1 Å². The summed E-state index contributed by atoms with van der Waals surface area (Å²) in [7, 11) is 0. The maximum atomic E-state index is 14.0. The molecule has 0 aliphatic rings. The molecule has 27 heavy (non-hydrogen) atoms. The van der Waals surface area contributed by atoms with E-state index in [1.165, 1.54) is 6.07 Å². The van der Waals surface area contributed by atoms with Gasteiger partial charge in [0, 0.05) is 0 Å². The van der Waals surface area contributed by atoms with Gasteiger partial charge in [0.15, 0.2) is 18.2 Å². The molecule has 0 aliphatic heterocycles. The second kappa shape index (κ2) is 8.75. The van der Waals surface area contributed by atoms with Crippen LogP contribution in [-0.4, -0.2) is 21.2 Å². The van der Waals surface area contributed by atoms with Gasteiger partial charge in [-0.2, -0.15) is 4.98 Å². The van der Waals surface area contributed by atoms with Crippen molar-refractivity contribution in [2.45, 2.75) is 20.5 Å². The van der Waals surface area contributed by atoms with Crippen molar-refractivity contribution in [2.24, 2.45) is 5.73 Å². The normalized spacial score (nSPS) is 10.1. The third-order valence-corrected chi connectivity index (χ3v) is 3.27. The number of carbonyl (C=O) groups excluding carboxylic acids is 1. The van der Waals surface area contributed by atoms with Crippen molar-refractivity contribution < 1.29 is 27.9 Å². The van der Waals surface area contributed by atoms with Gasteiger partial charge in [-0.15, -0.1) is 0 Å². The van der Waals surface area contributed by atoms with Crippen molar-refractivity contribution in [3.63, 3.8) is 0 Å². The fraction of sp³-hybridized carbons (Fsp3) is 0.167. The number of halogens is 2. The summed E-state index contributed by atoms with van der Waals surface area (Å²) in [6, 6.07) is 8.24. The fourth-order valence-electron chi connectivity index (χ4n) is 2.10. The quantitative estimate of drug-likeness (QED) is 0.705. The number of aromatic nitrogens is 2. The number of aromatic hydroxyl groups is 1. The van der Waals surface area contributed by atoms with Crippen LogP contribution in [0, 0.1) is 11.6 Å². The Morgan fingerprint density at radius 1 is 1.22 bits per heavy atom. The second-order valence-electron chi connectivity index (χ2n) is 4.92. The van der Waals surface area contributed by atoms with E-state index in [9.17, 15) is 18.7 Å². The van der Waals surface area contributed by atoms with Gasteiger partial charge in [0.2, 0.25) is 5.82 Å². The molecule has 3 aromatic rings. The van der Waals surface area contributed by atoms with Crippen LogP contribution in [0.2, 0.25) is 0 Å². The summed E-state index contributed by atoms with van der Waals surface area (Å²) < 4.78 is 37.5. The number of hydrogen-bond donors (Lipinski definition) is 2. The van der Waals surface area contributed by atoms with E-state index in [4.69, 9.17) is 15.0 Å². The Bertz CT molecular complexity index is 944. The lowest BCUT2D eigenvalue weighted by molar-refractivity contribution is 0.0991. The Hall–Kier alpha value is -3.49. The molecule has 2 aromatic carbocycles. The van der Waals surface area contributed by atoms with E-state index in [1.54, 1.807) is 18.2 Å². The lowest BCUT2D eigenvalue weighted by Gasteiger charge is -2.07. The largest absolute Gasteiger partial charge is 0.507 e. The highest BCUT2D eigenvalue weighted by Gasteiger charge is 2.20. The number of rotatable bonds is 5. The Morgan fingerprint density at radius 2 is 1.93 bits per heavy atom. The molecular weight excluding hydrogens is 360 g/mol. The molecule has 0 unspecified atom stereocenters. The molecule has 1 aromatic heterocycles. The highest BCUT2D eigenvalue weighted by molar-refractivity contribution is 5.93. The van der Waals surface area contributed by atoms with Gasteiger partial charge in [-0.3, -0.25) is 4.79 Å². The first kappa shape index (κ1) is 19.8. The predicted molar refractivity (Wildman–Crippen MR) is 92.0 cm³/mol. The van der Waals surface area contributed by atoms with Crippen molar-refractivity contribution in [3.05, 3.63) is 59.5 Å². The number of phenols is 1. The van der Waals surface area contributed by atoms with E-state index < -0.39 is 28.9 Å². The van der Waals surface area contributed by atoms with Gasteiger partial charge >= 0.3 is 0 Å². The summed E-state index contributed by atoms with van der Waals surface area (Å²) in [5, 5.41) is 13.4. The van der Waals surface area contributed by atoms with Crippen molar-refractivity contribution in [3.8, 4) is 22.9 Å². The second-order valence-corrected chi connectivity index (χ2v) is 4.92. The van der Waals surface area contributed by atoms with E-state index in [0.29, 0.717) is 5.56 Å². The van der Waals surface area contributed by atoms with Crippen molar-refractivity contribution in [1.29, 1.82) is 0 Å². The molecule has 0 saturated heterocycles. The van der Waals surface area contributed by atoms with Crippen LogP contribution >= 0.6 is 0 Å². The number of carbonyl (C=O) groups is 1. The molecule has 3 rings (SSSR count). The third-order valence-electron chi connectivity index (χ3n) is 3.27. The zero-order valence-electron chi connectivity index (χ0n) is 14.6.